The molecule has 0 aliphatic heterocycles. The maximum absolute atomic E-state index is 4.64. The summed E-state index contributed by atoms with van der Waals surface area (Å²) in [5, 5.41) is 0. The molecule has 2 aromatic carbocycles. The lowest BCUT2D eigenvalue weighted by molar-refractivity contribution is 0.866. The monoisotopic (exact) mass is 286 g/mol. The minimum atomic E-state index is 0.515. The molecule has 0 saturated heterocycles. The first kappa shape index (κ1) is 14.3. The Bertz CT molecular complexity index is 583. The Labute approximate surface area is 126 Å². The van der Waals surface area contributed by atoms with Crippen LogP contribution in [0.2, 0.25) is 0 Å². The van der Waals surface area contributed by atoms with Gasteiger partial charge in [0, 0.05) is 9.81 Å². The average molecular weight is 286 g/mol. The van der Waals surface area contributed by atoms with E-state index in [9.17, 15) is 0 Å². The third-order valence-corrected chi connectivity index (χ3v) is 4.24. The van der Waals surface area contributed by atoms with E-state index in [1.165, 1.54) is 5.56 Å². The molecule has 0 spiro atoms. The fraction of sp³-hybridized carbons (Fsp3) is 0.176. The van der Waals surface area contributed by atoms with Crippen LogP contribution < -0.4 is 0 Å². The molecule has 0 saturated carbocycles. The molecular weight excluding hydrogens is 268 g/mol. The fourth-order valence-electron chi connectivity index (χ4n) is 1.91. The van der Waals surface area contributed by atoms with E-state index < -0.39 is 0 Å². The summed E-state index contributed by atoms with van der Waals surface area (Å²) in [6, 6.07) is 18.6. The van der Waals surface area contributed by atoms with E-state index in [1.54, 1.807) is 0 Å². The van der Waals surface area contributed by atoms with Crippen molar-refractivity contribution in [2.45, 2.75) is 19.8 Å². The summed E-state index contributed by atoms with van der Waals surface area (Å²) in [5.41, 5.74) is 3.52. The number of hydrogen-bond donors (Lipinski definition) is 2. The minimum absolute atomic E-state index is 0.515. The van der Waals surface area contributed by atoms with E-state index >= 15 is 0 Å². The van der Waals surface area contributed by atoms with Crippen LogP contribution in [0.1, 0.15) is 36.5 Å². The maximum Gasteiger partial charge on any atom is 0.0253 e. The molecule has 2 rings (SSSR count). The first-order valence-corrected chi connectivity index (χ1v) is 7.27. The minimum Gasteiger partial charge on any atom is -0.142 e. The molecular formula is C17H18S2. The summed E-state index contributed by atoms with van der Waals surface area (Å²) < 4.78 is 0. The molecule has 0 heterocycles. The lowest BCUT2D eigenvalue weighted by atomic mass is 10.0. The third-order valence-electron chi connectivity index (χ3n) is 3.10. The highest BCUT2D eigenvalue weighted by atomic mass is 32.1. The van der Waals surface area contributed by atoms with Gasteiger partial charge in [0.25, 0.3) is 0 Å². The van der Waals surface area contributed by atoms with E-state index in [0.717, 1.165) is 20.9 Å². The van der Waals surface area contributed by atoms with Crippen LogP contribution in [0.4, 0.5) is 0 Å². The number of rotatable bonds is 3. The summed E-state index contributed by atoms with van der Waals surface area (Å²) in [4.78, 5) is 1.82. The van der Waals surface area contributed by atoms with Crippen molar-refractivity contribution in [1.29, 1.82) is 0 Å². The molecule has 0 aliphatic carbocycles. The van der Waals surface area contributed by atoms with E-state index in [-0.39, 0.29) is 0 Å². The summed E-state index contributed by atoms with van der Waals surface area (Å²) in [6.07, 6.45) is 0. The standard InChI is InChI=1S/C17H18S2/c1-12(2)14-9-6-10-15(11-14)17(19)16(18)13-7-4-3-5-8-13/h3-12,18-19H,1-2H3/b17-16-. The number of benzene rings is 2. The van der Waals surface area contributed by atoms with Crippen LogP contribution in [0.25, 0.3) is 9.81 Å². The van der Waals surface area contributed by atoms with Gasteiger partial charge in [-0.1, -0.05) is 68.4 Å². The van der Waals surface area contributed by atoms with Crippen molar-refractivity contribution in [3.05, 3.63) is 71.3 Å². The molecule has 0 nitrogen and oxygen atoms in total. The van der Waals surface area contributed by atoms with Gasteiger partial charge in [0.1, 0.15) is 0 Å². The van der Waals surface area contributed by atoms with Crippen LogP contribution in [0.5, 0.6) is 0 Å². The highest BCUT2D eigenvalue weighted by Crippen LogP contribution is 2.32. The van der Waals surface area contributed by atoms with Gasteiger partial charge in [0.15, 0.2) is 0 Å². The molecule has 2 heteroatoms. The van der Waals surface area contributed by atoms with Crippen molar-refractivity contribution < 1.29 is 0 Å². The molecule has 2 aromatic rings. The van der Waals surface area contributed by atoms with Crippen molar-refractivity contribution in [2.75, 3.05) is 0 Å². The highest BCUT2D eigenvalue weighted by Gasteiger charge is 2.07. The Hall–Kier alpha value is -1.12. The van der Waals surface area contributed by atoms with Gasteiger partial charge in [0.2, 0.25) is 0 Å². The van der Waals surface area contributed by atoms with Gasteiger partial charge in [-0.2, -0.15) is 0 Å². The molecule has 19 heavy (non-hydrogen) atoms. The first-order valence-electron chi connectivity index (χ1n) is 6.37. The summed E-state index contributed by atoms with van der Waals surface area (Å²) >= 11 is 9.26. The van der Waals surface area contributed by atoms with E-state index in [2.05, 4.69) is 63.4 Å². The second-order valence-corrected chi connectivity index (χ2v) is 5.74. The zero-order valence-electron chi connectivity index (χ0n) is 11.2. The van der Waals surface area contributed by atoms with Crippen LogP contribution in [-0.4, -0.2) is 0 Å². The molecule has 0 amide bonds. The molecule has 0 aromatic heterocycles. The Morgan fingerprint density at radius 1 is 0.789 bits per heavy atom. The van der Waals surface area contributed by atoms with E-state index in [0.29, 0.717) is 5.92 Å². The molecule has 0 unspecified atom stereocenters. The van der Waals surface area contributed by atoms with Crippen molar-refractivity contribution in [1.82, 2.24) is 0 Å². The third kappa shape index (κ3) is 3.46. The van der Waals surface area contributed by atoms with Gasteiger partial charge in [0.05, 0.1) is 0 Å². The van der Waals surface area contributed by atoms with Crippen molar-refractivity contribution in [3.63, 3.8) is 0 Å². The molecule has 0 fully saturated rings. The largest absolute Gasteiger partial charge is 0.142 e. The van der Waals surface area contributed by atoms with Crippen LogP contribution in [0.15, 0.2) is 54.6 Å². The highest BCUT2D eigenvalue weighted by molar-refractivity contribution is 7.96. The predicted octanol–water partition coefficient (Wildman–Crippen LogP) is 5.50. The fourth-order valence-corrected chi connectivity index (χ4v) is 2.46. The van der Waals surface area contributed by atoms with E-state index in [4.69, 9.17) is 0 Å². The Kier molecular flexibility index (Phi) is 4.78. The van der Waals surface area contributed by atoms with Gasteiger partial charge in [-0.3, -0.25) is 0 Å². The Morgan fingerprint density at radius 3 is 2.00 bits per heavy atom. The normalized spacial score (nSPS) is 12.5. The smallest absolute Gasteiger partial charge is 0.0253 e. The second-order valence-electron chi connectivity index (χ2n) is 4.84. The Morgan fingerprint density at radius 2 is 1.37 bits per heavy atom. The zero-order valence-corrected chi connectivity index (χ0v) is 13.0. The van der Waals surface area contributed by atoms with Gasteiger partial charge in [-0.25, -0.2) is 0 Å². The Balaban J connectivity index is 2.43. The van der Waals surface area contributed by atoms with Gasteiger partial charge in [-0.05, 0) is 22.6 Å². The molecule has 0 N–H and O–H groups in total. The zero-order chi connectivity index (χ0) is 13.8. The molecule has 0 radical (unpaired) electrons. The summed E-state index contributed by atoms with van der Waals surface area (Å²) in [5.74, 6) is 0.515. The van der Waals surface area contributed by atoms with E-state index in [1.807, 2.05) is 30.3 Å². The predicted molar refractivity (Wildman–Crippen MR) is 91.8 cm³/mol. The van der Waals surface area contributed by atoms with Gasteiger partial charge in [-0.15, -0.1) is 25.3 Å². The number of hydrogen-bond acceptors (Lipinski definition) is 2. The van der Waals surface area contributed by atoms with Crippen LogP contribution in [-0.2, 0) is 0 Å². The molecule has 98 valence electrons. The summed E-state index contributed by atoms with van der Waals surface area (Å²) in [7, 11) is 0. The topological polar surface area (TPSA) is 0 Å². The lowest BCUT2D eigenvalue weighted by Crippen LogP contribution is -1.89. The van der Waals surface area contributed by atoms with Crippen LogP contribution in [0.3, 0.4) is 0 Å². The molecule has 0 bridgehead atoms. The van der Waals surface area contributed by atoms with Crippen LogP contribution in [0, 0.1) is 0 Å². The quantitative estimate of drug-likeness (QED) is 0.540. The van der Waals surface area contributed by atoms with Crippen molar-refractivity contribution >= 4 is 35.1 Å². The van der Waals surface area contributed by atoms with Crippen molar-refractivity contribution in [3.8, 4) is 0 Å². The lowest BCUT2D eigenvalue weighted by Gasteiger charge is -2.10. The molecule has 0 aliphatic rings. The average Bonchev–Trinajstić information content (AvgIpc) is 2.46. The van der Waals surface area contributed by atoms with Crippen molar-refractivity contribution in [2.24, 2.45) is 0 Å². The second kappa shape index (κ2) is 6.36. The van der Waals surface area contributed by atoms with Crippen LogP contribution >= 0.6 is 25.3 Å². The maximum atomic E-state index is 4.64. The first-order chi connectivity index (χ1) is 9.09. The van der Waals surface area contributed by atoms with Gasteiger partial charge >= 0.3 is 0 Å². The number of thiol groups is 2. The summed E-state index contributed by atoms with van der Waals surface area (Å²) in [6.45, 7) is 4.39. The SMILES string of the molecule is CC(C)c1cccc(/C(S)=C(/S)c2ccccc2)c1. The molecule has 0 atom stereocenters. The van der Waals surface area contributed by atoms with Gasteiger partial charge < -0.3 is 0 Å².